The van der Waals surface area contributed by atoms with Crippen molar-refractivity contribution in [3.8, 4) is 11.3 Å². The molecular formula is C28H25N5. The quantitative estimate of drug-likeness (QED) is 0.315. The number of nitrogens with zero attached hydrogens (tertiary/aromatic N) is 3. The average molecular weight is 432 g/mol. The predicted molar refractivity (Wildman–Crippen MR) is 136 cm³/mol. The lowest BCUT2D eigenvalue weighted by Crippen LogP contribution is -2.07. The van der Waals surface area contributed by atoms with Gasteiger partial charge in [0.15, 0.2) is 0 Å². The number of para-hydroxylation sites is 2. The smallest absolute Gasteiger partial charge is 0.229 e. The fourth-order valence-corrected chi connectivity index (χ4v) is 3.92. The number of fused-ring (bicyclic) bond motifs is 1. The lowest BCUT2D eigenvalue weighted by molar-refractivity contribution is 1.05. The molecule has 5 heteroatoms. The van der Waals surface area contributed by atoms with Crippen LogP contribution >= 0.6 is 0 Å². The molecule has 5 rings (SSSR count). The topological polar surface area (TPSA) is 62.7 Å². The molecule has 2 N–H and O–H groups in total. The molecule has 0 radical (unpaired) electrons. The third kappa shape index (κ3) is 4.67. The zero-order valence-electron chi connectivity index (χ0n) is 18.7. The molecule has 0 spiro atoms. The molecule has 0 bridgehead atoms. The summed E-state index contributed by atoms with van der Waals surface area (Å²) in [4.78, 5) is 14.3. The first-order valence-corrected chi connectivity index (χ1v) is 11.0. The maximum atomic E-state index is 5.06. The molecule has 3 aromatic carbocycles. The van der Waals surface area contributed by atoms with Crippen LogP contribution in [0.2, 0.25) is 0 Å². The zero-order chi connectivity index (χ0) is 22.6. The highest BCUT2D eigenvalue weighted by molar-refractivity contribution is 5.86. The van der Waals surface area contributed by atoms with Crippen LogP contribution in [-0.2, 0) is 6.54 Å². The van der Waals surface area contributed by atoms with Crippen molar-refractivity contribution < 1.29 is 0 Å². The number of hydrogen-bond acceptors (Lipinski definition) is 5. The molecule has 0 atom stereocenters. The van der Waals surface area contributed by atoms with Crippen LogP contribution in [0.4, 0.5) is 17.5 Å². The van der Waals surface area contributed by atoms with Crippen LogP contribution in [0.1, 0.15) is 16.8 Å². The molecule has 0 saturated carbocycles. The van der Waals surface area contributed by atoms with Crippen molar-refractivity contribution in [2.75, 3.05) is 10.6 Å². The number of anilines is 3. The molecule has 0 unspecified atom stereocenters. The maximum absolute atomic E-state index is 5.06. The summed E-state index contributed by atoms with van der Waals surface area (Å²) in [5.41, 5.74) is 7.26. The fraction of sp³-hybridized carbons (Fsp3) is 0.107. The van der Waals surface area contributed by atoms with Crippen molar-refractivity contribution >= 4 is 28.4 Å². The van der Waals surface area contributed by atoms with Crippen molar-refractivity contribution in [1.82, 2.24) is 15.0 Å². The van der Waals surface area contributed by atoms with Crippen LogP contribution in [0.5, 0.6) is 0 Å². The number of aryl methyl sites for hydroxylation is 2. The molecule has 2 heterocycles. The summed E-state index contributed by atoms with van der Waals surface area (Å²) in [7, 11) is 0. The van der Waals surface area contributed by atoms with Gasteiger partial charge in [-0.15, -0.1) is 0 Å². The molecule has 0 aliphatic heterocycles. The van der Waals surface area contributed by atoms with E-state index in [1.54, 1.807) is 0 Å². The number of nitrogens with one attached hydrogen (secondary N) is 2. The summed E-state index contributed by atoms with van der Waals surface area (Å²) in [6.45, 7) is 4.67. The van der Waals surface area contributed by atoms with Gasteiger partial charge in [-0.1, -0.05) is 66.7 Å². The van der Waals surface area contributed by atoms with E-state index >= 15 is 0 Å². The Bertz CT molecular complexity index is 1400. The Balaban J connectivity index is 1.47. The van der Waals surface area contributed by atoms with Crippen molar-refractivity contribution in [2.24, 2.45) is 0 Å². The van der Waals surface area contributed by atoms with E-state index in [1.165, 1.54) is 5.56 Å². The van der Waals surface area contributed by atoms with Gasteiger partial charge in [-0.25, -0.2) is 9.97 Å². The minimum absolute atomic E-state index is 0.569. The second kappa shape index (κ2) is 9.09. The van der Waals surface area contributed by atoms with E-state index in [-0.39, 0.29) is 0 Å². The monoisotopic (exact) mass is 431 g/mol. The summed E-state index contributed by atoms with van der Waals surface area (Å²) in [6, 6.07) is 30.7. The molecule has 5 aromatic rings. The minimum Gasteiger partial charge on any atom is -0.366 e. The Hall–Kier alpha value is -4.25. The summed E-state index contributed by atoms with van der Waals surface area (Å²) in [5.74, 6) is 1.34. The van der Waals surface area contributed by atoms with E-state index in [4.69, 9.17) is 4.98 Å². The molecule has 0 saturated heterocycles. The van der Waals surface area contributed by atoms with Crippen LogP contribution in [0.3, 0.4) is 0 Å². The molecule has 0 aliphatic carbocycles. The largest absolute Gasteiger partial charge is 0.366 e. The van der Waals surface area contributed by atoms with Gasteiger partial charge in [-0.2, -0.15) is 4.98 Å². The lowest BCUT2D eigenvalue weighted by Gasteiger charge is -2.14. The van der Waals surface area contributed by atoms with Gasteiger partial charge in [0.2, 0.25) is 5.95 Å². The summed E-state index contributed by atoms with van der Waals surface area (Å²) < 4.78 is 0. The SMILES string of the molecule is Cc1cc(NCc2cc3cccc(C)c3nc2-c2ccccc2)nc(Nc2ccccc2)n1. The Morgan fingerprint density at radius 3 is 2.27 bits per heavy atom. The van der Waals surface area contributed by atoms with Crippen molar-refractivity contribution in [3.63, 3.8) is 0 Å². The standard InChI is InChI=1S/C28H25N5/c1-19-10-9-13-22-17-23(27(33-26(19)22)21-11-5-3-6-12-21)18-29-25-16-20(2)30-28(32-25)31-24-14-7-4-8-15-24/h3-17H,18H2,1-2H3,(H2,29,30,31,32). The van der Waals surface area contributed by atoms with Crippen molar-refractivity contribution in [3.05, 3.63) is 108 Å². The molecule has 0 amide bonds. The molecule has 0 aliphatic rings. The third-order valence-electron chi connectivity index (χ3n) is 5.52. The number of aromatic nitrogens is 3. The van der Waals surface area contributed by atoms with E-state index < -0.39 is 0 Å². The summed E-state index contributed by atoms with van der Waals surface area (Å²) in [5, 5.41) is 7.90. The first-order chi connectivity index (χ1) is 16.2. The van der Waals surface area contributed by atoms with Gasteiger partial charge in [0.1, 0.15) is 5.82 Å². The average Bonchev–Trinajstić information content (AvgIpc) is 2.83. The molecule has 0 fully saturated rings. The number of benzene rings is 3. The Kier molecular flexibility index (Phi) is 5.68. The van der Waals surface area contributed by atoms with Crippen LogP contribution in [-0.4, -0.2) is 15.0 Å². The number of pyridine rings is 1. The highest BCUT2D eigenvalue weighted by atomic mass is 15.1. The van der Waals surface area contributed by atoms with Gasteiger partial charge in [-0.05, 0) is 43.2 Å². The summed E-state index contributed by atoms with van der Waals surface area (Å²) in [6.07, 6.45) is 0. The highest BCUT2D eigenvalue weighted by Gasteiger charge is 2.11. The van der Waals surface area contributed by atoms with E-state index in [0.29, 0.717) is 12.5 Å². The fourth-order valence-electron chi connectivity index (χ4n) is 3.92. The molecule has 33 heavy (non-hydrogen) atoms. The van der Waals surface area contributed by atoms with Crippen LogP contribution < -0.4 is 10.6 Å². The first kappa shape index (κ1) is 20.6. The van der Waals surface area contributed by atoms with Crippen LogP contribution in [0.25, 0.3) is 22.2 Å². The molecular weight excluding hydrogens is 406 g/mol. The molecule has 2 aromatic heterocycles. The van der Waals surface area contributed by atoms with Gasteiger partial charge in [0.05, 0.1) is 11.2 Å². The predicted octanol–water partition coefficient (Wildman–Crippen LogP) is 6.66. The maximum Gasteiger partial charge on any atom is 0.229 e. The van der Waals surface area contributed by atoms with Gasteiger partial charge in [0, 0.05) is 34.9 Å². The van der Waals surface area contributed by atoms with Crippen molar-refractivity contribution in [2.45, 2.75) is 20.4 Å². The minimum atomic E-state index is 0.569. The number of hydrogen-bond donors (Lipinski definition) is 2. The van der Waals surface area contributed by atoms with E-state index in [1.807, 2.05) is 61.5 Å². The first-order valence-electron chi connectivity index (χ1n) is 11.0. The van der Waals surface area contributed by atoms with E-state index in [2.05, 4.69) is 63.9 Å². The second-order valence-electron chi connectivity index (χ2n) is 8.07. The zero-order valence-corrected chi connectivity index (χ0v) is 18.7. The third-order valence-corrected chi connectivity index (χ3v) is 5.52. The summed E-state index contributed by atoms with van der Waals surface area (Å²) >= 11 is 0. The van der Waals surface area contributed by atoms with Gasteiger partial charge in [0.25, 0.3) is 0 Å². The second-order valence-corrected chi connectivity index (χ2v) is 8.07. The van der Waals surface area contributed by atoms with E-state index in [9.17, 15) is 0 Å². The number of rotatable bonds is 6. The highest BCUT2D eigenvalue weighted by Crippen LogP contribution is 2.28. The normalized spacial score (nSPS) is 10.8. The van der Waals surface area contributed by atoms with Gasteiger partial charge < -0.3 is 10.6 Å². The Morgan fingerprint density at radius 1 is 0.727 bits per heavy atom. The van der Waals surface area contributed by atoms with E-state index in [0.717, 1.165) is 44.9 Å². The van der Waals surface area contributed by atoms with Crippen LogP contribution in [0, 0.1) is 13.8 Å². The van der Waals surface area contributed by atoms with Gasteiger partial charge >= 0.3 is 0 Å². The Labute approximate surface area is 193 Å². The van der Waals surface area contributed by atoms with Crippen molar-refractivity contribution in [1.29, 1.82) is 0 Å². The molecule has 5 nitrogen and oxygen atoms in total. The van der Waals surface area contributed by atoms with Crippen LogP contribution in [0.15, 0.2) is 91.0 Å². The Morgan fingerprint density at radius 2 is 1.48 bits per heavy atom. The molecule has 162 valence electrons. The van der Waals surface area contributed by atoms with Gasteiger partial charge in [-0.3, -0.25) is 0 Å². The lowest BCUT2D eigenvalue weighted by atomic mass is 10.0.